The van der Waals surface area contributed by atoms with Gasteiger partial charge in [-0.3, -0.25) is 17.7 Å². The molecule has 0 amide bonds. The topological polar surface area (TPSA) is 118 Å². The molecule has 0 bridgehead atoms. The summed E-state index contributed by atoms with van der Waals surface area (Å²) in [5.41, 5.74) is 0. The third-order valence-corrected chi connectivity index (χ3v) is 0.829. The van der Waals surface area contributed by atoms with Crippen LogP contribution in [0.4, 0.5) is 0 Å². The number of oxime groups is 2. The lowest BCUT2D eigenvalue weighted by Crippen LogP contribution is -1.90. The first-order chi connectivity index (χ1) is 5.63. The van der Waals surface area contributed by atoms with Crippen LogP contribution in [0.2, 0.25) is 0 Å². The summed E-state index contributed by atoms with van der Waals surface area (Å²) < 4.78 is 43.0. The fourth-order valence-electron chi connectivity index (χ4n) is 0.178. The summed E-state index contributed by atoms with van der Waals surface area (Å²) in [5.74, 6) is 0. The van der Waals surface area contributed by atoms with Gasteiger partial charge in [0.2, 0.25) is 0 Å². The molecule has 12 heavy (non-hydrogen) atoms. The van der Waals surface area contributed by atoms with E-state index in [0.29, 0.717) is 0 Å². The van der Waals surface area contributed by atoms with Gasteiger partial charge in [-0.25, -0.2) is 0 Å². The van der Waals surface area contributed by atoms with Gasteiger partial charge in [-0.1, -0.05) is 10.3 Å². The van der Waals surface area contributed by atoms with Crippen LogP contribution in [0.25, 0.3) is 0 Å². The molecule has 0 heterocycles. The highest BCUT2D eigenvalue weighted by Gasteiger charge is 1.86. The number of nitrogens with zero attached hydrogens (tertiary/aromatic N) is 2. The van der Waals surface area contributed by atoms with Crippen molar-refractivity contribution >= 4 is 35.2 Å². The molecule has 0 aromatic rings. The maximum atomic E-state index is 9.75. The first-order valence-corrected chi connectivity index (χ1v) is 4.31. The zero-order chi connectivity index (χ0) is 9.40. The minimum Gasteiger partial charge on any atom is -0.273 e. The molecule has 0 aromatic carbocycles. The van der Waals surface area contributed by atoms with Crippen LogP contribution in [0.5, 0.6) is 0 Å². The third-order valence-electron chi connectivity index (χ3n) is 0.402. The second kappa shape index (κ2) is 6.84. The van der Waals surface area contributed by atoms with Crippen molar-refractivity contribution in [1.82, 2.24) is 0 Å². The van der Waals surface area contributed by atoms with Crippen LogP contribution in [0.3, 0.4) is 0 Å². The highest BCUT2D eigenvalue weighted by Crippen LogP contribution is 1.78. The Morgan fingerprint density at radius 1 is 1.00 bits per heavy atom. The van der Waals surface area contributed by atoms with Crippen LogP contribution in [0, 0.1) is 0 Å². The molecule has 0 radical (unpaired) electrons. The minimum absolute atomic E-state index is 0.848. The number of hydrogen-bond acceptors (Lipinski definition) is 6. The van der Waals surface area contributed by atoms with Crippen molar-refractivity contribution in [3.63, 3.8) is 0 Å². The standard InChI is InChI=1S/C2H4N2O6S2/c5-11(6)9-3-1-2-4-10-12(7)8/h1-2H,(H,5,6)(H,7,8). The van der Waals surface area contributed by atoms with Gasteiger partial charge in [0, 0.05) is 0 Å². The van der Waals surface area contributed by atoms with E-state index in [9.17, 15) is 8.42 Å². The Morgan fingerprint density at radius 3 is 1.58 bits per heavy atom. The Bertz CT molecular complexity index is 202. The summed E-state index contributed by atoms with van der Waals surface area (Å²) in [4.78, 5) is 0. The molecule has 0 rings (SSSR count). The van der Waals surface area contributed by atoms with E-state index in [-0.39, 0.29) is 0 Å². The summed E-state index contributed by atoms with van der Waals surface area (Å²) in [6.07, 6.45) is 1.70. The van der Waals surface area contributed by atoms with Crippen LogP contribution in [-0.4, -0.2) is 30.0 Å². The molecule has 0 saturated heterocycles. The molecule has 2 unspecified atom stereocenters. The smallest absolute Gasteiger partial charge is 0.273 e. The van der Waals surface area contributed by atoms with E-state index in [1.54, 1.807) is 0 Å². The zero-order valence-corrected chi connectivity index (χ0v) is 7.03. The highest BCUT2D eigenvalue weighted by atomic mass is 32.2. The second-order valence-corrected chi connectivity index (χ2v) is 2.26. The van der Waals surface area contributed by atoms with E-state index in [0.717, 1.165) is 12.4 Å². The van der Waals surface area contributed by atoms with Gasteiger partial charge >= 0.3 is 22.7 Å². The molecule has 0 saturated carbocycles. The average Bonchev–Trinajstić information content (AvgIpc) is 1.95. The van der Waals surface area contributed by atoms with E-state index >= 15 is 0 Å². The molecule has 0 fully saturated rings. The number of rotatable bonds is 5. The Labute approximate surface area is 72.2 Å². The van der Waals surface area contributed by atoms with Crippen molar-refractivity contribution in [1.29, 1.82) is 0 Å². The lowest BCUT2D eigenvalue weighted by molar-refractivity contribution is 0.324. The summed E-state index contributed by atoms with van der Waals surface area (Å²) in [7, 11) is 0. The van der Waals surface area contributed by atoms with Crippen molar-refractivity contribution in [2.75, 3.05) is 0 Å². The van der Waals surface area contributed by atoms with E-state index in [4.69, 9.17) is 9.11 Å². The molecule has 8 nitrogen and oxygen atoms in total. The Hall–Kier alpha value is -0.840. The molecule has 0 aliphatic rings. The second-order valence-electron chi connectivity index (χ2n) is 1.09. The molecular weight excluding hydrogens is 212 g/mol. The van der Waals surface area contributed by atoms with Gasteiger partial charge < -0.3 is 0 Å². The minimum atomic E-state index is -2.49. The monoisotopic (exact) mass is 216 g/mol. The van der Waals surface area contributed by atoms with Crippen LogP contribution >= 0.6 is 0 Å². The molecule has 2 N–H and O–H groups in total. The van der Waals surface area contributed by atoms with Crippen LogP contribution in [-0.2, 0) is 31.3 Å². The van der Waals surface area contributed by atoms with E-state index < -0.39 is 22.7 Å². The zero-order valence-electron chi connectivity index (χ0n) is 5.39. The summed E-state index contributed by atoms with van der Waals surface area (Å²) >= 11 is -4.98. The van der Waals surface area contributed by atoms with Crippen LogP contribution in [0.15, 0.2) is 10.3 Å². The first kappa shape index (κ1) is 11.2. The Kier molecular flexibility index (Phi) is 6.37. The average molecular weight is 216 g/mol. The maximum Gasteiger partial charge on any atom is 0.378 e. The molecule has 70 valence electrons. The maximum absolute atomic E-state index is 9.75. The molecule has 2 atom stereocenters. The van der Waals surface area contributed by atoms with Crippen molar-refractivity contribution in [3.8, 4) is 0 Å². The van der Waals surface area contributed by atoms with Crippen molar-refractivity contribution < 1.29 is 26.1 Å². The van der Waals surface area contributed by atoms with Crippen molar-refractivity contribution in [2.24, 2.45) is 10.3 Å². The van der Waals surface area contributed by atoms with Gasteiger partial charge in [-0.2, -0.15) is 8.42 Å². The summed E-state index contributed by atoms with van der Waals surface area (Å²) in [6.45, 7) is 0. The largest absolute Gasteiger partial charge is 0.378 e. The fraction of sp³-hybridized carbons (Fsp3) is 0. The van der Waals surface area contributed by atoms with Gasteiger partial charge in [0.1, 0.15) is 0 Å². The van der Waals surface area contributed by atoms with Gasteiger partial charge in [-0.05, 0) is 0 Å². The van der Waals surface area contributed by atoms with Gasteiger partial charge in [-0.15, -0.1) is 0 Å². The van der Waals surface area contributed by atoms with E-state index in [2.05, 4.69) is 18.9 Å². The molecule has 10 heteroatoms. The Morgan fingerprint density at radius 2 is 1.33 bits per heavy atom. The predicted molar refractivity (Wildman–Crippen MR) is 40.7 cm³/mol. The quantitative estimate of drug-likeness (QED) is 0.355. The highest BCUT2D eigenvalue weighted by molar-refractivity contribution is 7.74. The fourth-order valence-corrected chi connectivity index (χ4v) is 0.424. The first-order valence-electron chi connectivity index (χ1n) is 2.25. The van der Waals surface area contributed by atoms with Crippen molar-refractivity contribution in [2.45, 2.75) is 0 Å². The summed E-state index contributed by atoms with van der Waals surface area (Å²) in [5, 5.41) is 5.77. The normalized spacial score (nSPS) is 16.5. The van der Waals surface area contributed by atoms with Gasteiger partial charge in [0.25, 0.3) is 0 Å². The summed E-state index contributed by atoms with van der Waals surface area (Å²) in [6, 6.07) is 0. The molecule has 0 aliphatic carbocycles. The lowest BCUT2D eigenvalue weighted by Gasteiger charge is -1.85. The van der Waals surface area contributed by atoms with Gasteiger partial charge in [0.05, 0.1) is 12.4 Å². The third kappa shape index (κ3) is 9.16. The number of hydrogen-bond donors (Lipinski definition) is 2. The lowest BCUT2D eigenvalue weighted by atomic mass is 10.8. The molecular formula is C2H4N2O6S2. The van der Waals surface area contributed by atoms with Gasteiger partial charge in [0.15, 0.2) is 0 Å². The molecule has 0 aromatic heterocycles. The predicted octanol–water partition coefficient (Wildman–Crippen LogP) is -0.735. The van der Waals surface area contributed by atoms with E-state index in [1.807, 2.05) is 0 Å². The van der Waals surface area contributed by atoms with Crippen LogP contribution in [0.1, 0.15) is 0 Å². The molecule has 0 spiro atoms. The molecule has 0 aliphatic heterocycles. The van der Waals surface area contributed by atoms with E-state index in [1.165, 1.54) is 0 Å². The Balaban J connectivity index is 3.52. The van der Waals surface area contributed by atoms with Crippen molar-refractivity contribution in [3.05, 3.63) is 0 Å². The van der Waals surface area contributed by atoms with Crippen LogP contribution < -0.4 is 0 Å². The SMILES string of the molecule is O=S(O)ON=CC=NOS(=O)O.